The third-order valence-corrected chi connectivity index (χ3v) is 2.60. The van der Waals surface area contributed by atoms with Gasteiger partial charge in [-0.15, -0.1) is 0 Å². The van der Waals surface area contributed by atoms with E-state index in [1.54, 1.807) is 24.3 Å². The lowest BCUT2D eigenvalue weighted by atomic mass is 10.1. The molecule has 0 aliphatic heterocycles. The summed E-state index contributed by atoms with van der Waals surface area (Å²) in [5.74, 6) is -0.314. The van der Waals surface area contributed by atoms with E-state index in [-0.39, 0.29) is 12.4 Å². The first-order chi connectivity index (χ1) is 9.99. The fourth-order valence-corrected chi connectivity index (χ4v) is 1.45. The molecule has 0 atom stereocenters. The van der Waals surface area contributed by atoms with Crippen molar-refractivity contribution in [3.63, 3.8) is 0 Å². The van der Waals surface area contributed by atoms with Crippen LogP contribution in [0.15, 0.2) is 34.5 Å². The number of hydrogen-bond acceptors (Lipinski definition) is 5. The summed E-state index contributed by atoms with van der Waals surface area (Å²) < 4.78 is 17.9. The molecule has 5 nitrogen and oxygen atoms in total. The van der Waals surface area contributed by atoms with Crippen molar-refractivity contribution < 1.29 is 18.7 Å². The van der Waals surface area contributed by atoms with Crippen LogP contribution in [0.1, 0.15) is 40.2 Å². The number of ether oxygens (including phenoxy) is 1. The molecule has 0 aliphatic carbocycles. The number of rotatable bonds is 5. The Morgan fingerprint density at radius 2 is 1.64 bits per heavy atom. The van der Waals surface area contributed by atoms with E-state index in [4.69, 9.17) is 4.74 Å². The second-order valence-corrected chi connectivity index (χ2v) is 6.46. The molecule has 1 aromatic rings. The van der Waals surface area contributed by atoms with E-state index in [9.17, 15) is 14.0 Å². The van der Waals surface area contributed by atoms with Gasteiger partial charge in [0.2, 0.25) is 0 Å². The largest absolute Gasteiger partial charge is 0.460 e. The van der Waals surface area contributed by atoms with E-state index >= 15 is 0 Å². The van der Waals surface area contributed by atoms with E-state index in [2.05, 4.69) is 10.2 Å². The molecule has 120 valence electrons. The summed E-state index contributed by atoms with van der Waals surface area (Å²) in [5, 5.41) is 7.50. The van der Waals surface area contributed by atoms with Crippen LogP contribution in [-0.2, 0) is 20.7 Å². The van der Waals surface area contributed by atoms with Crippen LogP contribution in [0.3, 0.4) is 0 Å². The minimum atomic E-state index is -1.54. The van der Waals surface area contributed by atoms with E-state index in [0.29, 0.717) is 5.69 Å². The van der Waals surface area contributed by atoms with Crippen molar-refractivity contribution >= 4 is 17.7 Å². The van der Waals surface area contributed by atoms with E-state index < -0.39 is 17.2 Å². The zero-order valence-electron chi connectivity index (χ0n) is 13.5. The number of carbonyl (C=O) groups excluding carboxylic acids is 2. The molecule has 0 saturated carbocycles. The fraction of sp³-hybridized carbons (Fsp3) is 0.500. The Labute approximate surface area is 129 Å². The van der Waals surface area contributed by atoms with Gasteiger partial charge in [-0.05, 0) is 52.3 Å². The van der Waals surface area contributed by atoms with Crippen LogP contribution < -0.4 is 0 Å². The van der Waals surface area contributed by atoms with Crippen LogP contribution in [0.4, 0.5) is 10.1 Å². The van der Waals surface area contributed by atoms with Crippen molar-refractivity contribution in [3.8, 4) is 0 Å². The smallest absolute Gasteiger partial charge is 0.330 e. The molecule has 22 heavy (non-hydrogen) atoms. The Bertz CT molecular complexity index is 572. The predicted molar refractivity (Wildman–Crippen MR) is 80.7 cm³/mol. The normalized spacial score (nSPS) is 12.5. The molecular formula is C16H21FN2O3. The molecule has 1 aromatic carbocycles. The minimum Gasteiger partial charge on any atom is -0.460 e. The molecule has 0 amide bonds. The van der Waals surface area contributed by atoms with Crippen LogP contribution in [-0.4, -0.2) is 23.1 Å². The predicted octanol–water partition coefficient (Wildman–Crippen LogP) is 3.93. The van der Waals surface area contributed by atoms with E-state index in [1.807, 2.05) is 20.8 Å². The molecule has 0 aliphatic rings. The van der Waals surface area contributed by atoms with Gasteiger partial charge < -0.3 is 4.74 Å². The minimum absolute atomic E-state index is 0.156. The van der Waals surface area contributed by atoms with Crippen molar-refractivity contribution in [1.82, 2.24) is 0 Å². The van der Waals surface area contributed by atoms with Crippen molar-refractivity contribution in [3.05, 3.63) is 29.8 Å². The highest BCUT2D eigenvalue weighted by molar-refractivity contribution is 5.78. The number of halogens is 1. The third kappa shape index (κ3) is 6.11. The monoisotopic (exact) mass is 308 g/mol. The molecular weight excluding hydrogens is 287 g/mol. The van der Waals surface area contributed by atoms with Gasteiger partial charge in [-0.3, -0.25) is 9.59 Å². The summed E-state index contributed by atoms with van der Waals surface area (Å²) >= 11 is 0. The van der Waals surface area contributed by atoms with Crippen LogP contribution in [0.2, 0.25) is 0 Å². The zero-order valence-corrected chi connectivity index (χ0v) is 13.5. The van der Waals surface area contributed by atoms with Gasteiger partial charge in [0.1, 0.15) is 5.60 Å². The topological polar surface area (TPSA) is 68.1 Å². The van der Waals surface area contributed by atoms with Crippen molar-refractivity contribution in [2.75, 3.05) is 0 Å². The highest BCUT2D eigenvalue weighted by Crippen LogP contribution is 2.19. The Hall–Kier alpha value is -2.11. The first-order valence-corrected chi connectivity index (χ1v) is 6.93. The Morgan fingerprint density at radius 1 is 1.09 bits per heavy atom. The Balaban J connectivity index is 2.70. The van der Waals surface area contributed by atoms with Gasteiger partial charge in [-0.2, -0.15) is 14.6 Å². The summed E-state index contributed by atoms with van der Waals surface area (Å²) in [6.07, 6.45) is 0.156. The molecule has 0 saturated heterocycles. The van der Waals surface area contributed by atoms with Gasteiger partial charge in [-0.25, -0.2) is 0 Å². The molecule has 0 unspecified atom stereocenters. The van der Waals surface area contributed by atoms with Gasteiger partial charge >= 0.3 is 12.0 Å². The van der Waals surface area contributed by atoms with Gasteiger partial charge in [0.15, 0.2) is 5.54 Å². The maximum atomic E-state index is 12.7. The summed E-state index contributed by atoms with van der Waals surface area (Å²) in [5.41, 5.74) is -0.762. The summed E-state index contributed by atoms with van der Waals surface area (Å²) in [7, 11) is 0. The highest BCUT2D eigenvalue weighted by Gasteiger charge is 2.27. The molecule has 6 heteroatoms. The summed E-state index contributed by atoms with van der Waals surface area (Å²) in [6, 6.07) is 5.16. The number of benzene rings is 1. The fourth-order valence-electron chi connectivity index (χ4n) is 1.45. The maximum Gasteiger partial charge on any atom is 0.330 e. The summed E-state index contributed by atoms with van der Waals surface area (Å²) in [4.78, 5) is 22.4. The summed E-state index contributed by atoms with van der Waals surface area (Å²) in [6.45, 7) is 8.11. The third-order valence-electron chi connectivity index (χ3n) is 2.60. The van der Waals surface area contributed by atoms with Crippen molar-refractivity contribution in [1.29, 1.82) is 0 Å². The molecule has 0 heterocycles. The van der Waals surface area contributed by atoms with Gasteiger partial charge in [-0.1, -0.05) is 12.1 Å². The number of esters is 1. The average Bonchev–Trinajstić information content (AvgIpc) is 2.35. The lowest BCUT2D eigenvalue weighted by Crippen LogP contribution is -2.24. The molecule has 0 N–H and O–H groups in total. The maximum absolute atomic E-state index is 12.7. The molecule has 0 bridgehead atoms. The molecule has 0 fully saturated rings. The van der Waals surface area contributed by atoms with Crippen LogP contribution >= 0.6 is 0 Å². The van der Waals surface area contributed by atoms with Gasteiger partial charge in [0.05, 0.1) is 12.1 Å². The quantitative estimate of drug-likeness (QED) is 0.470. The van der Waals surface area contributed by atoms with Crippen molar-refractivity contribution in [2.45, 2.75) is 52.2 Å². The van der Waals surface area contributed by atoms with Gasteiger partial charge in [0, 0.05) is 0 Å². The number of azo groups is 1. The highest BCUT2D eigenvalue weighted by atomic mass is 19.1. The van der Waals surface area contributed by atoms with Crippen molar-refractivity contribution in [2.24, 2.45) is 10.2 Å². The molecule has 0 aromatic heterocycles. The second kappa shape index (κ2) is 6.77. The Morgan fingerprint density at radius 3 is 2.09 bits per heavy atom. The number of nitrogens with zero attached hydrogens (tertiary/aromatic N) is 2. The lowest BCUT2D eigenvalue weighted by Gasteiger charge is -2.19. The zero-order chi connectivity index (χ0) is 17.0. The molecule has 1 rings (SSSR count). The number of carbonyl (C=O) groups is 2. The van der Waals surface area contributed by atoms with E-state index in [1.165, 1.54) is 13.8 Å². The number of hydrogen-bond donors (Lipinski definition) is 0. The van der Waals surface area contributed by atoms with E-state index in [0.717, 1.165) is 5.56 Å². The van der Waals surface area contributed by atoms with Gasteiger partial charge in [0.25, 0.3) is 0 Å². The first kappa shape index (κ1) is 17.9. The lowest BCUT2D eigenvalue weighted by molar-refractivity contribution is -0.153. The standard InChI is InChI=1S/C16H21FN2O3/c1-15(2,3)22-13(20)10-11-6-8-12(9-7-11)18-19-16(4,5)14(17)21/h6-9H,10H2,1-5H3. The van der Waals surface area contributed by atoms with Crippen LogP contribution in [0, 0.1) is 0 Å². The van der Waals surface area contributed by atoms with Crippen LogP contribution in [0.5, 0.6) is 0 Å². The first-order valence-electron chi connectivity index (χ1n) is 6.93. The SMILES string of the molecule is CC(C)(C)OC(=O)Cc1ccc(N=NC(C)(C)C(=O)F)cc1. The second-order valence-electron chi connectivity index (χ2n) is 6.46. The average molecular weight is 308 g/mol. The van der Waals surface area contributed by atoms with Crippen LogP contribution in [0.25, 0.3) is 0 Å². The molecule has 0 spiro atoms. The molecule has 0 radical (unpaired) electrons. The Kier molecular flexibility index (Phi) is 5.52.